The molecule has 1 atom stereocenters. The van der Waals surface area contributed by atoms with Crippen LogP contribution in [0.5, 0.6) is 0 Å². The molecule has 0 saturated heterocycles. The van der Waals surface area contributed by atoms with E-state index < -0.39 is 6.10 Å². The van der Waals surface area contributed by atoms with Gasteiger partial charge in [0.1, 0.15) is 0 Å². The smallest absolute Gasteiger partial charge is 0.165 e. The SMILES string of the molecule is C=C/C=C\C(=C)/C=C/C(=N/O)NCC(O)CN(CCC)CCCC. The molecule has 0 spiro atoms. The molecule has 0 saturated carbocycles. The summed E-state index contributed by atoms with van der Waals surface area (Å²) >= 11 is 0. The fourth-order valence-electron chi connectivity index (χ4n) is 2.14. The average molecular weight is 335 g/mol. The van der Waals surface area contributed by atoms with Gasteiger partial charge in [0.15, 0.2) is 5.84 Å². The number of hydrogen-bond donors (Lipinski definition) is 3. The quantitative estimate of drug-likeness (QED) is 0.159. The van der Waals surface area contributed by atoms with E-state index in [1.54, 1.807) is 30.4 Å². The van der Waals surface area contributed by atoms with E-state index in [-0.39, 0.29) is 5.84 Å². The van der Waals surface area contributed by atoms with Gasteiger partial charge in [-0.1, -0.05) is 62.9 Å². The summed E-state index contributed by atoms with van der Waals surface area (Å²) in [5.74, 6) is 0.290. The minimum atomic E-state index is -0.526. The number of rotatable bonds is 13. The van der Waals surface area contributed by atoms with E-state index >= 15 is 0 Å². The Labute approximate surface area is 146 Å². The molecule has 0 aromatic carbocycles. The van der Waals surface area contributed by atoms with Gasteiger partial charge in [0.25, 0.3) is 0 Å². The fraction of sp³-hybridized carbons (Fsp3) is 0.526. The summed E-state index contributed by atoms with van der Waals surface area (Å²) in [4.78, 5) is 2.27. The number of nitrogens with zero attached hydrogens (tertiary/aromatic N) is 2. The summed E-state index contributed by atoms with van der Waals surface area (Å²) in [7, 11) is 0. The van der Waals surface area contributed by atoms with Crippen molar-refractivity contribution in [2.45, 2.75) is 39.2 Å². The first-order chi connectivity index (χ1) is 11.6. The monoisotopic (exact) mass is 335 g/mol. The van der Waals surface area contributed by atoms with Crippen molar-refractivity contribution < 1.29 is 10.3 Å². The Bertz CT molecular complexity index is 442. The van der Waals surface area contributed by atoms with Gasteiger partial charge in [0.2, 0.25) is 0 Å². The largest absolute Gasteiger partial charge is 0.409 e. The first-order valence-corrected chi connectivity index (χ1v) is 8.59. The molecule has 0 fully saturated rings. The summed E-state index contributed by atoms with van der Waals surface area (Å²) in [5, 5.41) is 25.3. The third-order valence-electron chi connectivity index (χ3n) is 3.36. The first-order valence-electron chi connectivity index (χ1n) is 8.59. The third-order valence-corrected chi connectivity index (χ3v) is 3.36. The predicted octanol–water partition coefficient (Wildman–Crippen LogP) is 3.09. The minimum Gasteiger partial charge on any atom is -0.409 e. The fourth-order valence-corrected chi connectivity index (χ4v) is 2.14. The van der Waals surface area contributed by atoms with Gasteiger partial charge >= 0.3 is 0 Å². The van der Waals surface area contributed by atoms with Crippen LogP contribution < -0.4 is 5.32 Å². The number of hydrogen-bond acceptors (Lipinski definition) is 4. The number of aliphatic hydroxyl groups is 1. The normalized spacial score (nSPS) is 13.8. The molecule has 0 rings (SSSR count). The highest BCUT2D eigenvalue weighted by Gasteiger charge is 2.11. The molecule has 0 aliphatic rings. The lowest BCUT2D eigenvalue weighted by Gasteiger charge is -2.24. The molecule has 5 nitrogen and oxygen atoms in total. The van der Waals surface area contributed by atoms with E-state index in [1.165, 1.54) is 0 Å². The maximum atomic E-state index is 10.2. The second-order valence-electron chi connectivity index (χ2n) is 5.68. The number of nitrogens with one attached hydrogen (secondary N) is 1. The van der Waals surface area contributed by atoms with Crippen molar-refractivity contribution >= 4 is 5.84 Å². The Morgan fingerprint density at radius 3 is 2.54 bits per heavy atom. The summed E-state index contributed by atoms with van der Waals surface area (Å²) in [6, 6.07) is 0. The maximum absolute atomic E-state index is 10.2. The number of unbranched alkanes of at least 4 members (excludes halogenated alkanes) is 1. The highest BCUT2D eigenvalue weighted by atomic mass is 16.4. The molecule has 1 unspecified atom stereocenters. The molecule has 0 amide bonds. The van der Waals surface area contributed by atoms with Gasteiger partial charge in [-0.2, -0.15) is 0 Å². The molecule has 3 N–H and O–H groups in total. The van der Waals surface area contributed by atoms with Crippen molar-refractivity contribution in [1.29, 1.82) is 0 Å². The maximum Gasteiger partial charge on any atom is 0.165 e. The van der Waals surface area contributed by atoms with Crippen LogP contribution in [0, 0.1) is 0 Å². The molecule has 0 bridgehead atoms. The zero-order valence-corrected chi connectivity index (χ0v) is 15.1. The van der Waals surface area contributed by atoms with Crippen LogP contribution in [-0.2, 0) is 0 Å². The summed E-state index contributed by atoms with van der Waals surface area (Å²) in [5.41, 5.74) is 0.757. The molecule has 0 aromatic rings. The van der Waals surface area contributed by atoms with Crippen LogP contribution in [0.15, 0.2) is 54.3 Å². The Morgan fingerprint density at radius 1 is 1.21 bits per heavy atom. The highest BCUT2D eigenvalue weighted by Crippen LogP contribution is 1.99. The van der Waals surface area contributed by atoms with Gasteiger partial charge in [0, 0.05) is 13.1 Å². The Kier molecular flexibility index (Phi) is 13.6. The Hall–Kier alpha value is -1.85. The molecule has 5 heteroatoms. The lowest BCUT2D eigenvalue weighted by molar-refractivity contribution is 0.114. The molecule has 136 valence electrons. The van der Waals surface area contributed by atoms with Gasteiger partial charge in [-0.25, -0.2) is 0 Å². The van der Waals surface area contributed by atoms with Crippen LogP contribution in [0.2, 0.25) is 0 Å². The zero-order valence-electron chi connectivity index (χ0n) is 15.1. The molecule has 24 heavy (non-hydrogen) atoms. The zero-order chi connectivity index (χ0) is 18.2. The minimum absolute atomic E-state index is 0.290. The molecule has 0 aliphatic heterocycles. The van der Waals surface area contributed by atoms with E-state index in [0.29, 0.717) is 13.1 Å². The Morgan fingerprint density at radius 2 is 1.96 bits per heavy atom. The van der Waals surface area contributed by atoms with Gasteiger partial charge in [-0.05, 0) is 37.6 Å². The van der Waals surface area contributed by atoms with E-state index in [0.717, 1.165) is 37.9 Å². The van der Waals surface area contributed by atoms with Crippen molar-refractivity contribution in [1.82, 2.24) is 10.2 Å². The summed E-state index contributed by atoms with van der Waals surface area (Å²) in [6.45, 7) is 14.6. The van der Waals surface area contributed by atoms with E-state index in [4.69, 9.17) is 5.21 Å². The van der Waals surface area contributed by atoms with Gasteiger partial charge in [0.05, 0.1) is 6.10 Å². The second-order valence-corrected chi connectivity index (χ2v) is 5.68. The van der Waals surface area contributed by atoms with E-state index in [9.17, 15) is 5.11 Å². The van der Waals surface area contributed by atoms with Gasteiger partial charge in [-0.3, -0.25) is 0 Å². The highest BCUT2D eigenvalue weighted by molar-refractivity contribution is 5.92. The molecule has 0 heterocycles. The van der Waals surface area contributed by atoms with Crippen molar-refractivity contribution in [2.75, 3.05) is 26.2 Å². The van der Waals surface area contributed by atoms with E-state index in [2.05, 4.69) is 42.4 Å². The van der Waals surface area contributed by atoms with Crippen LogP contribution in [0.4, 0.5) is 0 Å². The van der Waals surface area contributed by atoms with Crippen LogP contribution >= 0.6 is 0 Å². The summed E-state index contributed by atoms with van der Waals surface area (Å²) < 4.78 is 0. The molecule has 0 radical (unpaired) electrons. The summed E-state index contributed by atoms with van der Waals surface area (Å²) in [6.07, 6.45) is 11.4. The first kappa shape index (κ1) is 22.1. The molecular formula is C19H33N3O2. The topological polar surface area (TPSA) is 68.1 Å². The Balaban J connectivity index is 4.35. The lowest BCUT2D eigenvalue weighted by atomic mass is 10.2. The van der Waals surface area contributed by atoms with Crippen molar-refractivity contribution in [2.24, 2.45) is 5.16 Å². The number of aliphatic hydroxyl groups excluding tert-OH is 1. The van der Waals surface area contributed by atoms with Crippen molar-refractivity contribution in [3.05, 3.63) is 49.1 Å². The van der Waals surface area contributed by atoms with Crippen LogP contribution in [-0.4, -0.2) is 53.3 Å². The third kappa shape index (κ3) is 11.7. The van der Waals surface area contributed by atoms with Crippen LogP contribution in [0.25, 0.3) is 0 Å². The lowest BCUT2D eigenvalue weighted by Crippen LogP contribution is -2.40. The van der Waals surface area contributed by atoms with E-state index in [1.807, 2.05) is 0 Å². The number of oxime groups is 1. The molecular weight excluding hydrogens is 302 g/mol. The van der Waals surface area contributed by atoms with Crippen molar-refractivity contribution in [3.8, 4) is 0 Å². The molecule has 0 aromatic heterocycles. The van der Waals surface area contributed by atoms with Gasteiger partial charge < -0.3 is 20.5 Å². The number of allylic oxidation sites excluding steroid dienone is 5. The number of amidine groups is 1. The predicted molar refractivity (Wildman–Crippen MR) is 102 cm³/mol. The second kappa shape index (κ2) is 14.7. The average Bonchev–Trinajstić information content (AvgIpc) is 2.58. The standard InChI is InChI=1S/C19H33N3O2/c1-5-8-10-17(4)11-12-19(21-24)20-15-18(23)16-22(13-7-3)14-9-6-2/h5,8,10-12,18,23-24H,1,4,6-7,9,13-16H2,2-3H3,(H,20,21)/b10-8-,12-11+. The molecule has 0 aliphatic carbocycles. The van der Waals surface area contributed by atoms with Gasteiger partial charge in [-0.15, -0.1) is 0 Å². The van der Waals surface area contributed by atoms with Crippen LogP contribution in [0.3, 0.4) is 0 Å². The van der Waals surface area contributed by atoms with Crippen molar-refractivity contribution in [3.63, 3.8) is 0 Å². The van der Waals surface area contributed by atoms with Crippen LogP contribution in [0.1, 0.15) is 33.1 Å².